The number of likely N-dealkylation sites (tertiary alicyclic amines) is 1. The van der Waals surface area contributed by atoms with Crippen molar-refractivity contribution in [2.45, 2.75) is 18.6 Å². The Kier molecular flexibility index (Phi) is 8.84. The summed E-state index contributed by atoms with van der Waals surface area (Å²) in [5.41, 5.74) is 3.88. The molecule has 0 unspecified atom stereocenters. The van der Waals surface area contributed by atoms with E-state index in [-0.39, 0.29) is 23.7 Å². The van der Waals surface area contributed by atoms with Crippen LogP contribution in [0, 0.1) is 11.6 Å². The first-order valence-corrected chi connectivity index (χ1v) is 14.9. The molecule has 6 rings (SSSR count). The zero-order valence-corrected chi connectivity index (χ0v) is 24.2. The number of nitrogens with zero attached hydrogens (tertiary/aromatic N) is 3. The van der Waals surface area contributed by atoms with Crippen molar-refractivity contribution in [2.75, 3.05) is 49.5 Å². The van der Waals surface area contributed by atoms with Crippen LogP contribution < -0.4 is 10.2 Å². The van der Waals surface area contributed by atoms with Gasteiger partial charge in [-0.3, -0.25) is 4.90 Å². The van der Waals surface area contributed by atoms with Crippen LogP contribution in [0.1, 0.15) is 16.8 Å². The van der Waals surface area contributed by atoms with Gasteiger partial charge >= 0.3 is 12.0 Å². The number of hydrogen-bond donors (Lipinski definition) is 1. The van der Waals surface area contributed by atoms with Gasteiger partial charge < -0.3 is 19.9 Å². The fourth-order valence-corrected chi connectivity index (χ4v) is 5.94. The molecule has 2 heterocycles. The number of anilines is 2. The van der Waals surface area contributed by atoms with Gasteiger partial charge in [-0.1, -0.05) is 42.5 Å². The number of amides is 2. The average Bonchev–Trinajstić information content (AvgIpc) is 3.07. The predicted octanol–water partition coefficient (Wildman–Crippen LogP) is 6.29. The second-order valence-electron chi connectivity index (χ2n) is 11.1. The molecule has 2 saturated heterocycles. The maximum absolute atomic E-state index is 13.5. The number of urea groups is 1. The van der Waals surface area contributed by atoms with Crippen molar-refractivity contribution >= 4 is 23.4 Å². The molecule has 226 valence electrons. The zero-order chi connectivity index (χ0) is 30.5. The molecule has 44 heavy (non-hydrogen) atoms. The predicted molar refractivity (Wildman–Crippen MR) is 167 cm³/mol. The lowest BCUT2D eigenvalue weighted by molar-refractivity contribution is -0.0290. The Balaban J connectivity index is 1.17. The normalized spacial score (nSPS) is 19.0. The minimum absolute atomic E-state index is 0.223. The molecule has 9 heteroatoms. The first kappa shape index (κ1) is 29.3. The van der Waals surface area contributed by atoms with Gasteiger partial charge in [0.25, 0.3) is 0 Å². The fraction of sp³-hybridized carbons (Fsp3) is 0.257. The van der Waals surface area contributed by atoms with Crippen molar-refractivity contribution in [2.24, 2.45) is 0 Å². The quantitative estimate of drug-likeness (QED) is 0.265. The fourth-order valence-electron chi connectivity index (χ4n) is 5.94. The summed E-state index contributed by atoms with van der Waals surface area (Å²) in [6.07, 6.45) is 0.0548. The van der Waals surface area contributed by atoms with Gasteiger partial charge in [0.2, 0.25) is 0 Å². The molecule has 0 aromatic heterocycles. The summed E-state index contributed by atoms with van der Waals surface area (Å²) in [5.74, 6) is -1.04. The summed E-state index contributed by atoms with van der Waals surface area (Å²) in [6, 6.07) is 28.9. The van der Waals surface area contributed by atoms with Crippen LogP contribution in [0.3, 0.4) is 0 Å². The number of nitrogens with one attached hydrogen (secondary N) is 1. The lowest BCUT2D eigenvalue weighted by Crippen LogP contribution is -2.61. The van der Waals surface area contributed by atoms with Crippen LogP contribution in [0.5, 0.6) is 0 Å². The average molecular weight is 597 g/mol. The van der Waals surface area contributed by atoms with Crippen LogP contribution in [-0.2, 0) is 4.74 Å². The van der Waals surface area contributed by atoms with Gasteiger partial charge in [-0.05, 0) is 71.8 Å². The van der Waals surface area contributed by atoms with Gasteiger partial charge in [-0.2, -0.15) is 0 Å². The number of ether oxygens (including phenoxy) is 1. The molecule has 0 saturated carbocycles. The van der Waals surface area contributed by atoms with E-state index in [9.17, 15) is 18.4 Å². The Morgan fingerprint density at radius 1 is 0.727 bits per heavy atom. The highest BCUT2D eigenvalue weighted by Crippen LogP contribution is 2.26. The highest BCUT2D eigenvalue weighted by atomic mass is 19.1. The van der Waals surface area contributed by atoms with Crippen molar-refractivity contribution in [3.63, 3.8) is 0 Å². The van der Waals surface area contributed by atoms with Crippen molar-refractivity contribution in [3.05, 3.63) is 120 Å². The highest BCUT2D eigenvalue weighted by Gasteiger charge is 2.39. The van der Waals surface area contributed by atoms with E-state index in [1.807, 2.05) is 48.5 Å². The topological polar surface area (TPSA) is 65.1 Å². The van der Waals surface area contributed by atoms with E-state index >= 15 is 0 Å². The molecule has 1 N–H and O–H groups in total. The summed E-state index contributed by atoms with van der Waals surface area (Å²) < 4.78 is 33.0. The lowest BCUT2D eigenvalue weighted by Gasteiger charge is -2.46. The molecular weight excluding hydrogens is 562 g/mol. The van der Waals surface area contributed by atoms with Gasteiger partial charge in [0.1, 0.15) is 17.7 Å². The summed E-state index contributed by atoms with van der Waals surface area (Å²) in [4.78, 5) is 32.9. The van der Waals surface area contributed by atoms with Gasteiger partial charge in [-0.25, -0.2) is 18.4 Å². The van der Waals surface area contributed by atoms with E-state index in [2.05, 4.69) is 15.1 Å². The van der Waals surface area contributed by atoms with Crippen LogP contribution in [0.25, 0.3) is 11.1 Å². The van der Waals surface area contributed by atoms with Gasteiger partial charge in [0.05, 0.1) is 11.6 Å². The number of piperidine rings is 1. The number of halogens is 2. The Morgan fingerprint density at radius 2 is 1.39 bits per heavy atom. The van der Waals surface area contributed by atoms with Crippen molar-refractivity contribution in [1.82, 2.24) is 9.80 Å². The Hall–Kier alpha value is -4.76. The number of carbonyl (C=O) groups is 2. The SMILES string of the molecule is O=C(O[C@@H]1CCN(C(=O)Nc2ccc(F)cc2)C[C@H]1N1CCN(c2ccc(F)cc2)CC1)c1cccc(-c2ccccc2)c1. The van der Waals surface area contributed by atoms with Gasteiger partial charge in [0.15, 0.2) is 0 Å². The molecule has 2 atom stereocenters. The minimum Gasteiger partial charge on any atom is -0.457 e. The summed E-state index contributed by atoms with van der Waals surface area (Å²) in [5, 5.41) is 2.85. The number of hydrogen-bond acceptors (Lipinski definition) is 5. The lowest BCUT2D eigenvalue weighted by atomic mass is 9.99. The highest BCUT2D eigenvalue weighted by molar-refractivity contribution is 5.91. The third-order valence-corrected chi connectivity index (χ3v) is 8.34. The van der Waals surface area contributed by atoms with Crippen molar-refractivity contribution in [3.8, 4) is 11.1 Å². The first-order chi connectivity index (χ1) is 21.4. The van der Waals surface area contributed by atoms with Crippen LogP contribution in [0.15, 0.2) is 103 Å². The Morgan fingerprint density at radius 3 is 2.09 bits per heavy atom. The Labute approximate surface area is 255 Å². The largest absolute Gasteiger partial charge is 0.457 e. The molecular formula is C35H34F2N4O3. The van der Waals surface area contributed by atoms with Crippen LogP contribution >= 0.6 is 0 Å². The van der Waals surface area contributed by atoms with E-state index < -0.39 is 12.1 Å². The monoisotopic (exact) mass is 596 g/mol. The second kappa shape index (κ2) is 13.3. The van der Waals surface area contributed by atoms with E-state index in [4.69, 9.17) is 4.74 Å². The molecule has 0 spiro atoms. The van der Waals surface area contributed by atoms with Gasteiger partial charge in [-0.15, -0.1) is 0 Å². The standard InChI is InChI=1S/C35H34F2N4O3/c36-28-9-13-30(14-10-28)38-35(43)41-18-17-33(44-34(42)27-8-4-7-26(23-27)25-5-2-1-3-6-25)32(24-41)40-21-19-39(20-22-40)31-15-11-29(37)12-16-31/h1-16,23,32-33H,17-22,24H2,(H,38,43)/t32-,33-/m1/s1. The summed E-state index contributed by atoms with van der Waals surface area (Å²) >= 11 is 0. The zero-order valence-electron chi connectivity index (χ0n) is 24.2. The maximum Gasteiger partial charge on any atom is 0.338 e. The molecule has 2 amide bonds. The van der Waals surface area contributed by atoms with Crippen LogP contribution in [-0.4, -0.2) is 73.2 Å². The number of piperazine rings is 1. The molecule has 4 aromatic carbocycles. The summed E-state index contributed by atoms with van der Waals surface area (Å²) in [7, 11) is 0. The number of carbonyl (C=O) groups excluding carboxylic acids is 2. The number of benzene rings is 4. The molecule has 4 aromatic rings. The van der Waals surface area contributed by atoms with E-state index in [1.54, 1.807) is 23.1 Å². The second-order valence-corrected chi connectivity index (χ2v) is 11.1. The minimum atomic E-state index is -0.421. The molecule has 2 aliphatic rings. The van der Waals surface area contributed by atoms with Crippen molar-refractivity contribution in [1.29, 1.82) is 0 Å². The van der Waals surface area contributed by atoms with Crippen LogP contribution in [0.2, 0.25) is 0 Å². The van der Waals surface area contributed by atoms with E-state index in [1.165, 1.54) is 36.4 Å². The number of rotatable bonds is 6. The molecule has 2 fully saturated rings. The molecule has 0 radical (unpaired) electrons. The molecule has 0 bridgehead atoms. The third kappa shape index (κ3) is 6.89. The number of esters is 1. The van der Waals surface area contributed by atoms with E-state index in [0.29, 0.717) is 56.9 Å². The first-order valence-electron chi connectivity index (χ1n) is 14.9. The summed E-state index contributed by atoms with van der Waals surface area (Å²) in [6.45, 7) is 3.57. The smallest absolute Gasteiger partial charge is 0.338 e. The third-order valence-electron chi connectivity index (χ3n) is 8.34. The molecule has 0 aliphatic carbocycles. The van der Waals surface area contributed by atoms with Gasteiger partial charge in [0, 0.05) is 57.1 Å². The van der Waals surface area contributed by atoms with Crippen LogP contribution in [0.4, 0.5) is 25.0 Å². The van der Waals surface area contributed by atoms with Crippen molar-refractivity contribution < 1.29 is 23.1 Å². The van der Waals surface area contributed by atoms with E-state index in [0.717, 1.165) is 16.8 Å². The maximum atomic E-state index is 13.5. The molecule has 7 nitrogen and oxygen atoms in total. The Bertz CT molecular complexity index is 1580. The molecule has 2 aliphatic heterocycles.